The molecule has 1 aromatic carbocycles. The average molecular weight is 329 g/mol. The van der Waals surface area contributed by atoms with E-state index in [-0.39, 0.29) is 10.9 Å². The third-order valence-corrected chi connectivity index (χ3v) is 3.48. The highest BCUT2D eigenvalue weighted by Crippen LogP contribution is 2.36. The molecule has 0 fully saturated rings. The number of aliphatic imine (C=N–C) groups is 1. The molecule has 5 nitrogen and oxygen atoms in total. The quantitative estimate of drug-likeness (QED) is 0.812. The van der Waals surface area contributed by atoms with Crippen molar-refractivity contribution in [3.8, 4) is 11.5 Å². The largest absolute Gasteiger partial charge is 0.504 e. The lowest BCUT2D eigenvalue weighted by molar-refractivity contribution is -0.113. The Balaban J connectivity index is 2.44. The van der Waals surface area contributed by atoms with Crippen LogP contribution in [0.2, 0.25) is 0 Å². The number of amidine groups is 1. The number of hydrogen-bond acceptors (Lipinski definition) is 5. The van der Waals surface area contributed by atoms with Crippen molar-refractivity contribution in [2.75, 3.05) is 7.11 Å². The summed E-state index contributed by atoms with van der Waals surface area (Å²) < 4.78 is 5.75. The van der Waals surface area contributed by atoms with Crippen molar-refractivity contribution in [2.45, 2.75) is 0 Å². The molecule has 0 spiro atoms. The average Bonchev–Trinajstić information content (AvgIpc) is 2.62. The Morgan fingerprint density at radius 2 is 2.28 bits per heavy atom. The smallest absolute Gasteiger partial charge is 0.286 e. The van der Waals surface area contributed by atoms with E-state index in [0.29, 0.717) is 16.2 Å². The molecular weight excluding hydrogens is 320 g/mol. The van der Waals surface area contributed by atoms with Crippen LogP contribution in [0.5, 0.6) is 11.5 Å². The standard InChI is InChI=1S/C11H9BrN2O3S/c1-17-7-4-6(12)2-5(9(7)15)3-8-10(16)14-11(13)18-8/h2-4,15H,1H3,(H2,13,14,16)/b8-3+. The number of phenolic OH excluding ortho intramolecular Hbond substituents is 1. The molecule has 0 unspecified atom stereocenters. The first-order valence-corrected chi connectivity index (χ1v) is 6.46. The van der Waals surface area contributed by atoms with Gasteiger partial charge in [0.05, 0.1) is 12.0 Å². The summed E-state index contributed by atoms with van der Waals surface area (Å²) in [6, 6.07) is 3.30. The SMILES string of the molecule is COc1cc(Br)cc(/C=C2/SC(N)=NC2=O)c1O. The van der Waals surface area contributed by atoms with Gasteiger partial charge in [0.15, 0.2) is 16.7 Å². The summed E-state index contributed by atoms with van der Waals surface area (Å²) in [6.07, 6.45) is 1.53. The second-order valence-corrected chi connectivity index (χ2v) is 5.39. The van der Waals surface area contributed by atoms with Gasteiger partial charge in [-0.15, -0.1) is 0 Å². The van der Waals surface area contributed by atoms with Gasteiger partial charge in [-0.2, -0.15) is 4.99 Å². The zero-order valence-electron chi connectivity index (χ0n) is 9.31. The fourth-order valence-corrected chi connectivity index (χ4v) is 2.55. The second-order valence-electron chi connectivity index (χ2n) is 3.41. The number of nitrogens with zero attached hydrogens (tertiary/aromatic N) is 1. The number of amides is 1. The summed E-state index contributed by atoms with van der Waals surface area (Å²) in [7, 11) is 1.45. The van der Waals surface area contributed by atoms with E-state index in [1.807, 2.05) is 0 Å². The van der Waals surface area contributed by atoms with Crippen molar-refractivity contribution >= 4 is 44.8 Å². The summed E-state index contributed by atoms with van der Waals surface area (Å²) in [5.41, 5.74) is 5.91. The predicted molar refractivity (Wildman–Crippen MR) is 74.6 cm³/mol. The zero-order valence-corrected chi connectivity index (χ0v) is 11.7. The molecule has 2 rings (SSSR count). The second kappa shape index (κ2) is 5.03. The number of carbonyl (C=O) groups excluding carboxylic acids is 1. The molecule has 1 aromatic rings. The van der Waals surface area contributed by atoms with Crippen LogP contribution in [-0.4, -0.2) is 23.3 Å². The number of nitrogens with two attached hydrogens (primary N) is 1. The van der Waals surface area contributed by atoms with Crippen LogP contribution in [0.1, 0.15) is 5.56 Å². The minimum Gasteiger partial charge on any atom is -0.504 e. The van der Waals surface area contributed by atoms with Crippen LogP contribution >= 0.6 is 27.7 Å². The normalized spacial score (nSPS) is 17.1. The van der Waals surface area contributed by atoms with Gasteiger partial charge in [-0.3, -0.25) is 4.79 Å². The van der Waals surface area contributed by atoms with Crippen molar-refractivity contribution in [1.82, 2.24) is 0 Å². The Morgan fingerprint density at radius 1 is 1.56 bits per heavy atom. The van der Waals surface area contributed by atoms with Gasteiger partial charge in [0.2, 0.25) is 0 Å². The van der Waals surface area contributed by atoms with E-state index in [9.17, 15) is 9.90 Å². The maximum atomic E-state index is 11.5. The highest BCUT2D eigenvalue weighted by Gasteiger charge is 2.20. The molecule has 0 radical (unpaired) electrons. The molecule has 7 heteroatoms. The lowest BCUT2D eigenvalue weighted by Crippen LogP contribution is -2.01. The fraction of sp³-hybridized carbons (Fsp3) is 0.0909. The van der Waals surface area contributed by atoms with Crippen molar-refractivity contribution in [2.24, 2.45) is 10.7 Å². The number of carbonyl (C=O) groups is 1. The van der Waals surface area contributed by atoms with Crippen molar-refractivity contribution in [3.05, 3.63) is 27.1 Å². The summed E-state index contributed by atoms with van der Waals surface area (Å²) in [5, 5.41) is 10.1. The molecule has 1 aliphatic rings. The molecule has 94 valence electrons. The van der Waals surface area contributed by atoms with Crippen LogP contribution in [0.25, 0.3) is 6.08 Å². The van der Waals surface area contributed by atoms with E-state index in [1.165, 1.54) is 13.2 Å². The van der Waals surface area contributed by atoms with Crippen LogP contribution in [-0.2, 0) is 4.79 Å². The Labute approximate surface area is 116 Å². The van der Waals surface area contributed by atoms with E-state index in [2.05, 4.69) is 20.9 Å². The molecule has 0 aliphatic carbocycles. The van der Waals surface area contributed by atoms with Gasteiger partial charge in [0.1, 0.15) is 0 Å². The molecule has 3 N–H and O–H groups in total. The molecule has 0 saturated heterocycles. The molecule has 1 heterocycles. The molecule has 0 bridgehead atoms. The molecule has 0 atom stereocenters. The van der Waals surface area contributed by atoms with E-state index in [4.69, 9.17) is 10.5 Å². The third-order valence-electron chi connectivity index (χ3n) is 2.21. The summed E-state index contributed by atoms with van der Waals surface area (Å²) >= 11 is 4.37. The first-order valence-electron chi connectivity index (χ1n) is 4.86. The first kappa shape index (κ1) is 13.0. The monoisotopic (exact) mass is 328 g/mol. The molecule has 18 heavy (non-hydrogen) atoms. The van der Waals surface area contributed by atoms with Gasteiger partial charge in [0, 0.05) is 10.0 Å². The van der Waals surface area contributed by atoms with Crippen molar-refractivity contribution in [3.63, 3.8) is 0 Å². The number of ether oxygens (including phenoxy) is 1. The predicted octanol–water partition coefficient (Wildman–Crippen LogP) is 2.09. The van der Waals surface area contributed by atoms with Crippen LogP contribution in [0.3, 0.4) is 0 Å². The summed E-state index contributed by atoms with van der Waals surface area (Å²) in [5.74, 6) is -0.122. The lowest BCUT2D eigenvalue weighted by atomic mass is 10.1. The van der Waals surface area contributed by atoms with E-state index in [0.717, 1.165) is 16.2 Å². The molecule has 0 saturated carbocycles. The number of benzene rings is 1. The van der Waals surface area contributed by atoms with Gasteiger partial charge in [-0.05, 0) is 30.0 Å². The van der Waals surface area contributed by atoms with Crippen LogP contribution in [0, 0.1) is 0 Å². The van der Waals surface area contributed by atoms with Gasteiger partial charge < -0.3 is 15.6 Å². The maximum absolute atomic E-state index is 11.5. The number of phenols is 1. The number of methoxy groups -OCH3 is 1. The van der Waals surface area contributed by atoms with Gasteiger partial charge in [0.25, 0.3) is 5.91 Å². The number of hydrogen-bond donors (Lipinski definition) is 2. The van der Waals surface area contributed by atoms with E-state index in [1.54, 1.807) is 12.1 Å². The zero-order chi connectivity index (χ0) is 13.3. The number of rotatable bonds is 2. The molecule has 1 aliphatic heterocycles. The number of thioether (sulfide) groups is 1. The molecular formula is C11H9BrN2O3S. The van der Waals surface area contributed by atoms with Gasteiger partial charge in [-0.25, -0.2) is 0 Å². The van der Waals surface area contributed by atoms with Gasteiger partial charge >= 0.3 is 0 Å². The number of aromatic hydroxyl groups is 1. The van der Waals surface area contributed by atoms with Crippen LogP contribution in [0.4, 0.5) is 0 Å². The first-order chi connectivity index (χ1) is 8.51. The Bertz CT molecular complexity index is 584. The summed E-state index contributed by atoms with van der Waals surface area (Å²) in [4.78, 5) is 15.4. The van der Waals surface area contributed by atoms with Crippen LogP contribution < -0.4 is 10.5 Å². The van der Waals surface area contributed by atoms with E-state index < -0.39 is 5.91 Å². The minimum absolute atomic E-state index is 0.0351. The van der Waals surface area contributed by atoms with E-state index >= 15 is 0 Å². The van der Waals surface area contributed by atoms with Crippen molar-refractivity contribution in [1.29, 1.82) is 0 Å². The van der Waals surface area contributed by atoms with Gasteiger partial charge in [-0.1, -0.05) is 15.9 Å². The maximum Gasteiger partial charge on any atom is 0.286 e. The summed E-state index contributed by atoms with van der Waals surface area (Å²) in [6.45, 7) is 0. The molecule has 1 amide bonds. The highest BCUT2D eigenvalue weighted by molar-refractivity contribution is 9.10. The third kappa shape index (κ3) is 2.51. The fourth-order valence-electron chi connectivity index (χ4n) is 1.43. The van der Waals surface area contributed by atoms with Crippen molar-refractivity contribution < 1.29 is 14.6 Å². The Morgan fingerprint density at radius 3 is 2.83 bits per heavy atom. The number of halogens is 1. The highest BCUT2D eigenvalue weighted by atomic mass is 79.9. The minimum atomic E-state index is -0.407. The van der Waals surface area contributed by atoms with Crippen LogP contribution in [0.15, 0.2) is 26.5 Å². The Hall–Kier alpha value is -1.47. The lowest BCUT2D eigenvalue weighted by Gasteiger charge is -2.07. The topological polar surface area (TPSA) is 84.9 Å². The molecule has 0 aromatic heterocycles. The Kier molecular flexibility index (Phi) is 3.63.